The maximum absolute atomic E-state index is 9.08. The summed E-state index contributed by atoms with van der Waals surface area (Å²) in [6.07, 6.45) is 1.43. The zero-order valence-corrected chi connectivity index (χ0v) is 29.4. The number of para-hydroxylation sites is 1. The third-order valence-electron chi connectivity index (χ3n) is 7.43. The predicted octanol–water partition coefficient (Wildman–Crippen LogP) is 8.81. The Morgan fingerprint density at radius 2 is 1.33 bits per heavy atom. The molecule has 0 fully saturated rings. The summed E-state index contributed by atoms with van der Waals surface area (Å²) in [6, 6.07) is 45.2. The SMILES string of the molecule is CC(C)(C)P1COc2cccc(-c3c4ccccc4cc4ccccc34)c21.CS(=O)(=O)[O-].Nc1ccccc1-c1[c-]cccc1.[Pd+2]. The van der Waals surface area contributed by atoms with Crippen LogP contribution in [0.2, 0.25) is 0 Å². The Bertz CT molecular complexity index is 2000. The third kappa shape index (κ3) is 8.42. The van der Waals surface area contributed by atoms with Gasteiger partial charge in [-0.05, 0) is 69.6 Å². The van der Waals surface area contributed by atoms with Crippen LogP contribution in [0.5, 0.6) is 5.75 Å². The van der Waals surface area contributed by atoms with Crippen molar-refractivity contribution in [2.45, 2.75) is 25.9 Å². The van der Waals surface area contributed by atoms with Gasteiger partial charge in [0, 0.05) is 11.6 Å². The molecule has 0 saturated heterocycles. The van der Waals surface area contributed by atoms with Crippen LogP contribution in [0.3, 0.4) is 0 Å². The van der Waals surface area contributed by atoms with E-state index < -0.39 is 10.1 Å². The number of hydrogen-bond acceptors (Lipinski definition) is 5. The van der Waals surface area contributed by atoms with Gasteiger partial charge in [0.25, 0.3) is 0 Å². The molecule has 238 valence electrons. The van der Waals surface area contributed by atoms with Gasteiger partial charge in [0.2, 0.25) is 0 Å². The molecule has 1 heterocycles. The molecule has 1 unspecified atom stereocenters. The predicted molar refractivity (Wildman–Crippen MR) is 189 cm³/mol. The number of nitrogens with two attached hydrogens (primary N) is 1. The second kappa shape index (κ2) is 14.9. The molecule has 1 atom stereocenters. The summed E-state index contributed by atoms with van der Waals surface area (Å²) in [5.41, 5.74) is 11.4. The number of rotatable bonds is 2. The summed E-state index contributed by atoms with van der Waals surface area (Å²) < 4.78 is 33.4. The van der Waals surface area contributed by atoms with Crippen LogP contribution < -0.4 is 15.8 Å². The molecule has 0 aliphatic carbocycles. The molecule has 5 nitrogen and oxygen atoms in total. The Morgan fingerprint density at radius 1 is 0.783 bits per heavy atom. The standard InChI is InChI=1S/C25H23OP.C12H10N.CH4O3S.Pd/c1-25(2,3)27-16-26-22-14-8-13-21(24(22)27)23-19-11-6-4-9-17(19)15-18-10-5-7-12-20(18)23;13-12-9-5-4-8-11(12)10-6-2-1-3-7-10;1-5(2,3)4;/h4-15H,16H2,1-3H3;1-6,8-9H,13H2;1H3,(H,2,3,4);/q;-1;;+2/p-1. The van der Waals surface area contributed by atoms with Gasteiger partial charge in [0.1, 0.15) is 12.1 Å². The molecule has 6 aromatic carbocycles. The maximum atomic E-state index is 9.08. The fraction of sp³-hybridized carbons (Fsp3) is 0.158. The number of anilines is 1. The second-order valence-electron chi connectivity index (χ2n) is 11.8. The minimum Gasteiger partial charge on any atom is -0.748 e. The van der Waals surface area contributed by atoms with Gasteiger partial charge in [-0.1, -0.05) is 105 Å². The molecule has 1 aliphatic rings. The zero-order chi connectivity index (χ0) is 32.2. The van der Waals surface area contributed by atoms with Crippen LogP contribution in [-0.4, -0.2) is 30.7 Å². The minimum atomic E-state index is -3.92. The minimum absolute atomic E-state index is 0. The first-order valence-corrected chi connectivity index (χ1v) is 17.9. The van der Waals surface area contributed by atoms with Crippen LogP contribution in [0.15, 0.2) is 121 Å². The molecule has 8 heteroatoms. The van der Waals surface area contributed by atoms with Crippen molar-refractivity contribution < 1.29 is 38.1 Å². The van der Waals surface area contributed by atoms with Gasteiger partial charge in [0.05, 0.1) is 10.1 Å². The van der Waals surface area contributed by atoms with E-state index in [-0.39, 0.29) is 33.5 Å². The first kappa shape index (κ1) is 35.3. The van der Waals surface area contributed by atoms with Crippen molar-refractivity contribution in [1.82, 2.24) is 0 Å². The van der Waals surface area contributed by atoms with E-state index in [0.717, 1.165) is 28.9 Å². The topological polar surface area (TPSA) is 92.5 Å². The summed E-state index contributed by atoms with van der Waals surface area (Å²) in [6.45, 7) is 7.03. The summed E-state index contributed by atoms with van der Waals surface area (Å²) in [4.78, 5) is 0. The Labute approximate surface area is 287 Å². The van der Waals surface area contributed by atoms with E-state index in [1.807, 2.05) is 48.5 Å². The molecular formula is C38H36NO4PPdS. The van der Waals surface area contributed by atoms with E-state index in [2.05, 4.69) is 99.6 Å². The van der Waals surface area contributed by atoms with E-state index in [4.69, 9.17) is 23.4 Å². The van der Waals surface area contributed by atoms with E-state index >= 15 is 0 Å². The van der Waals surface area contributed by atoms with Crippen LogP contribution in [0, 0.1) is 6.07 Å². The summed E-state index contributed by atoms with van der Waals surface area (Å²) >= 11 is 0. The summed E-state index contributed by atoms with van der Waals surface area (Å²) in [7, 11) is -4.30. The van der Waals surface area contributed by atoms with E-state index in [1.165, 1.54) is 38.0 Å². The van der Waals surface area contributed by atoms with Crippen LogP contribution in [-0.2, 0) is 30.5 Å². The molecule has 0 radical (unpaired) electrons. The van der Waals surface area contributed by atoms with Crippen molar-refractivity contribution in [1.29, 1.82) is 0 Å². The quantitative estimate of drug-likeness (QED) is 0.0479. The molecule has 2 N–H and O–H groups in total. The van der Waals surface area contributed by atoms with Crippen LogP contribution >= 0.6 is 7.92 Å². The van der Waals surface area contributed by atoms with Gasteiger partial charge in [-0.3, -0.25) is 0 Å². The molecule has 0 saturated carbocycles. The van der Waals surface area contributed by atoms with E-state index in [1.54, 1.807) is 0 Å². The van der Waals surface area contributed by atoms with Gasteiger partial charge < -0.3 is 15.0 Å². The first-order chi connectivity index (χ1) is 21.4. The van der Waals surface area contributed by atoms with E-state index in [0.29, 0.717) is 6.26 Å². The fourth-order valence-electron chi connectivity index (χ4n) is 5.45. The third-order valence-corrected chi connectivity index (χ3v) is 10.4. The van der Waals surface area contributed by atoms with Gasteiger partial charge >= 0.3 is 20.4 Å². The first-order valence-electron chi connectivity index (χ1n) is 14.6. The average Bonchev–Trinajstić information content (AvgIpc) is 3.46. The zero-order valence-electron chi connectivity index (χ0n) is 26.1. The molecule has 0 aromatic heterocycles. The van der Waals surface area contributed by atoms with Crippen LogP contribution in [0.4, 0.5) is 5.69 Å². The second-order valence-corrected chi connectivity index (χ2v) is 16.1. The molecule has 0 amide bonds. The van der Waals surface area contributed by atoms with Gasteiger partial charge in [-0.25, -0.2) is 8.42 Å². The largest absolute Gasteiger partial charge is 2.00 e. The number of benzene rings is 6. The van der Waals surface area contributed by atoms with E-state index in [9.17, 15) is 0 Å². The molecular weight excluding hydrogens is 704 g/mol. The van der Waals surface area contributed by atoms with Crippen molar-refractivity contribution >= 4 is 50.6 Å². The normalized spacial score (nSPS) is 13.7. The van der Waals surface area contributed by atoms with Crippen molar-refractivity contribution in [2.75, 3.05) is 18.3 Å². The number of fused-ring (bicyclic) bond motifs is 3. The molecule has 1 aliphatic heterocycles. The molecule has 7 rings (SSSR count). The molecule has 0 spiro atoms. The maximum Gasteiger partial charge on any atom is 2.00 e. The Kier molecular flexibility index (Phi) is 11.4. The van der Waals surface area contributed by atoms with Crippen molar-refractivity contribution in [3.63, 3.8) is 0 Å². The molecule has 6 aromatic rings. The van der Waals surface area contributed by atoms with Crippen LogP contribution in [0.25, 0.3) is 43.8 Å². The number of hydrogen-bond donors (Lipinski definition) is 1. The number of nitrogen functional groups attached to an aromatic ring is 1. The van der Waals surface area contributed by atoms with Gasteiger partial charge in [0.15, 0.2) is 0 Å². The Hall–Kier alpha value is -3.56. The van der Waals surface area contributed by atoms with Crippen molar-refractivity contribution in [3.05, 3.63) is 127 Å². The van der Waals surface area contributed by atoms with Gasteiger partial charge in [-0.2, -0.15) is 0 Å². The number of ether oxygens (including phenoxy) is 1. The van der Waals surface area contributed by atoms with Crippen molar-refractivity contribution in [2.24, 2.45) is 0 Å². The molecule has 46 heavy (non-hydrogen) atoms. The monoisotopic (exact) mass is 739 g/mol. The average molecular weight is 740 g/mol. The Morgan fingerprint density at radius 3 is 1.89 bits per heavy atom. The smallest absolute Gasteiger partial charge is 0.748 e. The van der Waals surface area contributed by atoms with Crippen LogP contribution in [0.1, 0.15) is 20.8 Å². The summed E-state index contributed by atoms with van der Waals surface area (Å²) in [5, 5.41) is 6.88. The van der Waals surface area contributed by atoms with Gasteiger partial charge in [-0.15, -0.1) is 35.9 Å². The Balaban J connectivity index is 0.000000211. The fourth-order valence-corrected chi connectivity index (χ4v) is 7.79. The molecule has 0 bridgehead atoms. The summed E-state index contributed by atoms with van der Waals surface area (Å²) in [5.74, 6) is 1.07. The van der Waals surface area contributed by atoms with Crippen molar-refractivity contribution in [3.8, 4) is 28.0 Å².